The van der Waals surface area contributed by atoms with Gasteiger partial charge in [0.25, 0.3) is 5.91 Å². The van der Waals surface area contributed by atoms with E-state index in [0.717, 1.165) is 68.1 Å². The lowest BCUT2D eigenvalue weighted by molar-refractivity contribution is -0.193. The number of carbonyl (C=O) groups excluding carboxylic acids is 5. The fraction of sp³-hybridized carbons (Fsp3) is 0.560. The van der Waals surface area contributed by atoms with Gasteiger partial charge in [0.1, 0.15) is 24.2 Å². The molecule has 0 aliphatic heterocycles. The molecule has 0 aliphatic rings. The summed E-state index contributed by atoms with van der Waals surface area (Å²) in [6.45, 7) is 12.2. The summed E-state index contributed by atoms with van der Waals surface area (Å²) in [5.41, 5.74) is 23.6. The van der Waals surface area contributed by atoms with Crippen LogP contribution in [0.5, 0.6) is 17.2 Å². The highest BCUT2D eigenvalue weighted by Gasteiger charge is 2.40. The van der Waals surface area contributed by atoms with Crippen molar-refractivity contribution in [2.75, 3.05) is 32.1 Å². The van der Waals surface area contributed by atoms with Gasteiger partial charge in [-0.25, -0.2) is 19.2 Å². The topological polar surface area (TPSA) is 400 Å². The first kappa shape index (κ1) is 98.1. The number of carbonyl (C=O) groups is 9. The van der Waals surface area contributed by atoms with E-state index in [4.69, 9.17) is 61.1 Å². The number of aliphatic carboxylic acids is 4. The second kappa shape index (κ2) is 52.3. The van der Waals surface area contributed by atoms with E-state index in [2.05, 4.69) is 75.6 Å². The number of benzene rings is 4. The summed E-state index contributed by atoms with van der Waals surface area (Å²) in [7, 11) is 0. The lowest BCUT2D eigenvalue weighted by Crippen LogP contribution is -2.60. The summed E-state index contributed by atoms with van der Waals surface area (Å²) in [5, 5.41) is 45.0. The van der Waals surface area contributed by atoms with E-state index in [1.807, 2.05) is 75.4 Å². The van der Waals surface area contributed by atoms with Gasteiger partial charge in [-0.15, -0.1) is 0 Å². The van der Waals surface area contributed by atoms with Gasteiger partial charge in [-0.1, -0.05) is 184 Å². The third kappa shape index (κ3) is 43.8. The van der Waals surface area contributed by atoms with Gasteiger partial charge >= 0.3 is 42.4 Å². The lowest BCUT2D eigenvalue weighted by atomic mass is 9.95. The number of nitrogens with one attached hydrogen (secondary N) is 5. The lowest BCUT2D eigenvalue weighted by Gasteiger charge is -2.30. The Kier molecular flexibility index (Phi) is 47.0. The molecule has 24 nitrogen and oxygen atoms in total. The molecule has 0 fully saturated rings. The predicted octanol–water partition coefficient (Wildman–Crippen LogP) is 10.9. The maximum atomic E-state index is 13.9. The van der Waals surface area contributed by atoms with E-state index in [1.54, 1.807) is 32.9 Å². The standard InChI is InChI=1S/C69H104N8O10S.3C2HF3O2/c1-7-49(6)63(68(82)75-57(69(83)84)40-47(2)3)77-67(81)62(48(4)5)76-66(80)58(46-88)74-61(78)32-24-13-11-9-8-10-12-14-25-36-73-65(79)53-44-59(85-37-33-54(70)41-50-26-18-15-19-27-50)64(87-39-35-56(72)43-52-30-22-17-23-31-52)60(45-53)86-38-34-55(71)42-51-28-20-16-21-29-51;3*3-2(4,5)1(6)7/h15-23,26-31,44-45,47-49,54-58,62-63,88H,7-14,24-25,32-43,46,70-72H2,1-6H3,(H,73,79)(H,74,78)(H,75,82)(H,76,80)(H,77,81)(H,83,84);3*(H,6,7)/t49-,54+,55+,56+,57-,58-,62-,63-;;;/m0.../s1. The fourth-order valence-corrected chi connectivity index (χ4v) is 10.4. The highest BCUT2D eigenvalue weighted by atomic mass is 32.1. The van der Waals surface area contributed by atoms with Crippen LogP contribution in [-0.4, -0.2) is 167 Å². The minimum atomic E-state index is -5.08. The Morgan fingerprint density at radius 1 is 0.477 bits per heavy atom. The van der Waals surface area contributed by atoms with Crippen molar-refractivity contribution in [2.45, 2.75) is 218 Å². The van der Waals surface area contributed by atoms with E-state index < -0.39 is 84.3 Å². The van der Waals surface area contributed by atoms with Gasteiger partial charge in [0.15, 0.2) is 11.5 Å². The van der Waals surface area contributed by atoms with Crippen molar-refractivity contribution in [2.24, 2.45) is 35.0 Å². The van der Waals surface area contributed by atoms with Crippen LogP contribution in [0.1, 0.15) is 165 Å². The number of carboxylic acids is 4. The third-order valence-electron chi connectivity index (χ3n) is 16.3. The molecule has 34 heteroatoms. The highest BCUT2D eigenvalue weighted by Crippen LogP contribution is 2.40. The molecule has 4 aromatic carbocycles. The summed E-state index contributed by atoms with van der Waals surface area (Å²) in [6, 6.07) is 29.1. The van der Waals surface area contributed by atoms with Crippen LogP contribution in [0, 0.1) is 17.8 Å². The van der Waals surface area contributed by atoms with Gasteiger partial charge in [0.05, 0.1) is 19.8 Å². The molecule has 0 saturated heterocycles. The molecule has 0 heterocycles. The molecular weight excluding hydrogens is 1470 g/mol. The van der Waals surface area contributed by atoms with Crippen LogP contribution in [0.25, 0.3) is 0 Å². The average Bonchev–Trinajstić information content (AvgIpc) is 0.833. The number of hydrogen-bond acceptors (Lipinski definition) is 16. The Morgan fingerprint density at radius 3 is 1.18 bits per heavy atom. The van der Waals surface area contributed by atoms with Crippen LogP contribution in [0.15, 0.2) is 103 Å². The summed E-state index contributed by atoms with van der Waals surface area (Å²) in [6.07, 6.45) is -2.16. The average molecular weight is 1580 g/mol. The number of rotatable bonds is 45. The molecule has 0 aromatic heterocycles. The zero-order valence-corrected chi connectivity index (χ0v) is 63.0. The molecule has 5 amide bonds. The largest absolute Gasteiger partial charge is 0.490 e. The maximum absolute atomic E-state index is 13.9. The van der Waals surface area contributed by atoms with Crippen LogP contribution in [-0.2, 0) is 57.6 Å². The van der Waals surface area contributed by atoms with Gasteiger partial charge in [-0.05, 0) is 104 Å². The second-order valence-corrected chi connectivity index (χ2v) is 27.0. The molecular formula is C75H107F9N8O16S. The first-order valence-electron chi connectivity index (χ1n) is 35.8. The maximum Gasteiger partial charge on any atom is 0.490 e. The molecule has 0 unspecified atom stereocenters. The molecule has 0 aliphatic carbocycles. The number of carboxylic acid groups (broad SMARTS) is 4. The van der Waals surface area contributed by atoms with E-state index in [-0.39, 0.29) is 79.5 Å². The normalized spacial score (nSPS) is 13.6. The predicted molar refractivity (Wildman–Crippen MR) is 394 cm³/mol. The highest BCUT2D eigenvalue weighted by molar-refractivity contribution is 7.80. The number of amides is 5. The molecule has 0 saturated carbocycles. The molecule has 612 valence electrons. The zero-order valence-electron chi connectivity index (χ0n) is 62.1. The molecule has 4 aromatic rings. The molecule has 15 N–H and O–H groups in total. The van der Waals surface area contributed by atoms with Crippen LogP contribution < -0.4 is 58.0 Å². The number of hydrogen-bond donors (Lipinski definition) is 13. The minimum absolute atomic E-state index is 0.00359. The van der Waals surface area contributed by atoms with Crippen molar-refractivity contribution >= 4 is 66.0 Å². The van der Waals surface area contributed by atoms with Crippen molar-refractivity contribution in [1.82, 2.24) is 26.6 Å². The molecule has 0 spiro atoms. The van der Waals surface area contributed by atoms with Crippen LogP contribution in [0.2, 0.25) is 0 Å². The Labute approximate surface area is 635 Å². The molecule has 109 heavy (non-hydrogen) atoms. The Balaban J connectivity index is 0.00000246. The fourth-order valence-electron chi connectivity index (χ4n) is 10.2. The number of alkyl halides is 9. The van der Waals surface area contributed by atoms with E-state index in [9.17, 15) is 73.4 Å². The van der Waals surface area contributed by atoms with E-state index in [0.29, 0.717) is 87.3 Å². The second-order valence-electron chi connectivity index (χ2n) is 26.6. The number of thiol groups is 1. The van der Waals surface area contributed by atoms with Crippen LogP contribution >= 0.6 is 12.6 Å². The van der Waals surface area contributed by atoms with E-state index in [1.165, 1.54) is 0 Å². The summed E-state index contributed by atoms with van der Waals surface area (Å²) in [5.74, 6) is -11.3. The number of nitrogens with two attached hydrogens (primary N) is 3. The smallest absolute Gasteiger partial charge is 0.489 e. The van der Waals surface area contributed by atoms with Crippen molar-refractivity contribution in [3.05, 3.63) is 125 Å². The van der Waals surface area contributed by atoms with Gasteiger partial charge in [-0.2, -0.15) is 52.1 Å². The van der Waals surface area contributed by atoms with Crippen molar-refractivity contribution in [3.63, 3.8) is 0 Å². The summed E-state index contributed by atoms with van der Waals surface area (Å²) >= 11 is 4.32. The van der Waals surface area contributed by atoms with Crippen molar-refractivity contribution in [1.29, 1.82) is 0 Å². The van der Waals surface area contributed by atoms with Gasteiger partial charge in [-0.3, -0.25) is 24.0 Å². The summed E-state index contributed by atoms with van der Waals surface area (Å²) in [4.78, 5) is 106. The van der Waals surface area contributed by atoms with Gasteiger partial charge in [0, 0.05) is 42.4 Å². The first-order valence-corrected chi connectivity index (χ1v) is 36.4. The number of ether oxygens (including phenoxy) is 3. The Hall–Kier alpha value is -8.89. The first-order chi connectivity index (χ1) is 51.1. The molecule has 4 rings (SSSR count). The quantitative estimate of drug-likeness (QED) is 0.0111. The molecule has 0 bridgehead atoms. The van der Waals surface area contributed by atoms with Crippen LogP contribution in [0.4, 0.5) is 39.5 Å². The van der Waals surface area contributed by atoms with E-state index >= 15 is 0 Å². The number of unbranched alkanes of at least 4 members (excludes halogenated alkanes) is 8. The molecule has 8 atom stereocenters. The SMILES string of the molecule is CC[C@H](C)[C@H](NC(=O)[C@@H](NC(=O)[C@H](CS)NC(=O)CCCCCCCCCCCNC(=O)c1cc(OCC[C@@H](N)Cc2ccccc2)c(OCC[C@@H](N)Cc2ccccc2)c(OCC[C@@H](N)Cc2ccccc2)c1)C(C)C)C(=O)N[C@@H](CC(C)C)C(=O)O.O=C(O)C(F)(F)F.O=C(O)C(F)(F)F.O=C(O)C(F)(F)F. The Morgan fingerprint density at radius 2 is 0.835 bits per heavy atom. The minimum Gasteiger partial charge on any atom is -0.489 e. The van der Waals surface area contributed by atoms with Crippen molar-refractivity contribution in [3.8, 4) is 17.2 Å². The molecule has 0 radical (unpaired) electrons. The third-order valence-corrected chi connectivity index (χ3v) is 16.7. The number of halogens is 9. The summed E-state index contributed by atoms with van der Waals surface area (Å²) < 4.78 is 115. The van der Waals surface area contributed by atoms with Gasteiger partial charge in [0.2, 0.25) is 29.4 Å². The van der Waals surface area contributed by atoms with Gasteiger partial charge < -0.3 is 78.4 Å². The van der Waals surface area contributed by atoms with Crippen molar-refractivity contribution < 1.29 is 117 Å². The Bertz CT molecular complexity index is 3220. The monoisotopic (exact) mass is 1580 g/mol. The van der Waals surface area contributed by atoms with Crippen LogP contribution in [0.3, 0.4) is 0 Å². The zero-order chi connectivity index (χ0) is 82.5.